The smallest absolute Gasteiger partial charge is 0.261 e. The Morgan fingerprint density at radius 1 is 1.08 bits per heavy atom. The van der Waals surface area contributed by atoms with E-state index in [0.717, 1.165) is 18.5 Å². The zero-order valence-electron chi connectivity index (χ0n) is 14.6. The van der Waals surface area contributed by atoms with Crippen molar-refractivity contribution in [1.82, 2.24) is 0 Å². The lowest BCUT2D eigenvalue weighted by Gasteiger charge is -2.16. The molecule has 0 unspecified atom stereocenters. The number of amides is 1. The van der Waals surface area contributed by atoms with Crippen molar-refractivity contribution in [3.05, 3.63) is 48.5 Å². The summed E-state index contributed by atoms with van der Waals surface area (Å²) in [6, 6.07) is 13.2. The standard InChI is InChI=1S/C19H22N2O4S/c1-2-14-25-17-9-11-18(12-10-17)26(23,24)20-15-5-7-16(8-6-15)21-13-3-4-19(21)22/h5-12,20H,2-4,13-14H2,1H3. The molecule has 6 nitrogen and oxygen atoms in total. The molecule has 0 spiro atoms. The van der Waals surface area contributed by atoms with E-state index < -0.39 is 10.0 Å². The number of rotatable bonds is 7. The first-order valence-electron chi connectivity index (χ1n) is 8.66. The van der Waals surface area contributed by atoms with Crippen LogP contribution in [0.2, 0.25) is 0 Å². The molecule has 26 heavy (non-hydrogen) atoms. The van der Waals surface area contributed by atoms with Crippen molar-refractivity contribution < 1.29 is 17.9 Å². The van der Waals surface area contributed by atoms with Crippen LogP contribution < -0.4 is 14.4 Å². The SMILES string of the molecule is CCCOc1ccc(S(=O)(=O)Nc2ccc(N3CCCC3=O)cc2)cc1. The fourth-order valence-electron chi connectivity index (χ4n) is 2.78. The lowest BCUT2D eigenvalue weighted by atomic mass is 10.2. The molecule has 1 saturated heterocycles. The molecule has 1 aliphatic heterocycles. The zero-order chi connectivity index (χ0) is 18.6. The predicted octanol–water partition coefficient (Wildman–Crippen LogP) is 3.40. The second kappa shape index (κ2) is 7.78. The Hall–Kier alpha value is -2.54. The van der Waals surface area contributed by atoms with Crippen molar-refractivity contribution in [3.63, 3.8) is 0 Å². The van der Waals surface area contributed by atoms with Crippen molar-refractivity contribution in [2.75, 3.05) is 22.8 Å². The van der Waals surface area contributed by atoms with Gasteiger partial charge in [-0.2, -0.15) is 0 Å². The van der Waals surface area contributed by atoms with E-state index in [9.17, 15) is 13.2 Å². The largest absolute Gasteiger partial charge is 0.494 e. The highest BCUT2D eigenvalue weighted by molar-refractivity contribution is 7.92. The molecule has 0 radical (unpaired) electrons. The minimum Gasteiger partial charge on any atom is -0.494 e. The zero-order valence-corrected chi connectivity index (χ0v) is 15.5. The molecule has 1 N–H and O–H groups in total. The Kier molecular flexibility index (Phi) is 5.46. The van der Waals surface area contributed by atoms with Crippen LogP contribution in [0.5, 0.6) is 5.75 Å². The third-order valence-corrected chi connectivity index (χ3v) is 5.51. The Bertz CT molecular complexity index is 861. The van der Waals surface area contributed by atoms with E-state index >= 15 is 0 Å². The van der Waals surface area contributed by atoms with Gasteiger partial charge in [-0.25, -0.2) is 8.42 Å². The van der Waals surface area contributed by atoms with Crippen molar-refractivity contribution in [2.45, 2.75) is 31.1 Å². The first-order chi connectivity index (χ1) is 12.5. The van der Waals surface area contributed by atoms with E-state index in [1.54, 1.807) is 41.3 Å². The summed E-state index contributed by atoms with van der Waals surface area (Å²) in [5.41, 5.74) is 1.24. The molecule has 0 aliphatic carbocycles. The molecule has 1 amide bonds. The highest BCUT2D eigenvalue weighted by atomic mass is 32.2. The molecular formula is C19H22N2O4S. The molecule has 7 heteroatoms. The Labute approximate surface area is 153 Å². The van der Waals surface area contributed by atoms with Gasteiger partial charge in [0.2, 0.25) is 5.91 Å². The van der Waals surface area contributed by atoms with Crippen LogP contribution in [0, 0.1) is 0 Å². The van der Waals surface area contributed by atoms with Crippen molar-refractivity contribution >= 4 is 27.3 Å². The fourth-order valence-corrected chi connectivity index (χ4v) is 3.84. The average molecular weight is 374 g/mol. The van der Waals surface area contributed by atoms with Gasteiger partial charge in [0.05, 0.1) is 11.5 Å². The van der Waals surface area contributed by atoms with Crippen LogP contribution in [0.25, 0.3) is 0 Å². The minimum absolute atomic E-state index is 0.101. The van der Waals surface area contributed by atoms with Crippen LogP contribution in [-0.4, -0.2) is 27.5 Å². The molecule has 0 saturated carbocycles. The van der Waals surface area contributed by atoms with Gasteiger partial charge in [-0.3, -0.25) is 9.52 Å². The lowest BCUT2D eigenvalue weighted by Crippen LogP contribution is -2.23. The number of nitrogens with zero attached hydrogens (tertiary/aromatic N) is 1. The molecule has 0 bridgehead atoms. The highest BCUT2D eigenvalue weighted by Crippen LogP contribution is 2.25. The maximum atomic E-state index is 12.5. The molecule has 3 rings (SSSR count). The van der Waals surface area contributed by atoms with Crippen molar-refractivity contribution in [1.29, 1.82) is 0 Å². The van der Waals surface area contributed by atoms with Gasteiger partial charge in [0.1, 0.15) is 5.75 Å². The van der Waals surface area contributed by atoms with Crippen LogP contribution in [0.4, 0.5) is 11.4 Å². The van der Waals surface area contributed by atoms with Crippen LogP contribution in [-0.2, 0) is 14.8 Å². The van der Waals surface area contributed by atoms with Crippen LogP contribution in [0.1, 0.15) is 26.2 Å². The summed E-state index contributed by atoms with van der Waals surface area (Å²) in [7, 11) is -3.68. The molecule has 1 aliphatic rings. The Balaban J connectivity index is 1.69. The Morgan fingerprint density at radius 2 is 1.77 bits per heavy atom. The molecule has 2 aromatic carbocycles. The van der Waals surface area contributed by atoms with E-state index in [1.807, 2.05) is 6.92 Å². The van der Waals surface area contributed by atoms with Gasteiger partial charge in [0.15, 0.2) is 0 Å². The van der Waals surface area contributed by atoms with Gasteiger partial charge >= 0.3 is 0 Å². The maximum absolute atomic E-state index is 12.5. The fraction of sp³-hybridized carbons (Fsp3) is 0.316. The summed E-state index contributed by atoms with van der Waals surface area (Å²) in [4.78, 5) is 13.7. The number of benzene rings is 2. The Morgan fingerprint density at radius 3 is 2.35 bits per heavy atom. The molecule has 2 aromatic rings. The third kappa shape index (κ3) is 4.16. The van der Waals surface area contributed by atoms with Gasteiger partial charge < -0.3 is 9.64 Å². The first kappa shape index (κ1) is 18.3. The highest BCUT2D eigenvalue weighted by Gasteiger charge is 2.21. The molecular weight excluding hydrogens is 352 g/mol. The summed E-state index contributed by atoms with van der Waals surface area (Å²) < 4.78 is 33.0. The predicted molar refractivity (Wildman–Crippen MR) is 101 cm³/mol. The number of carbonyl (C=O) groups excluding carboxylic acids is 1. The summed E-state index contributed by atoms with van der Waals surface area (Å²) in [6.07, 6.45) is 2.30. The monoisotopic (exact) mass is 374 g/mol. The number of ether oxygens (including phenoxy) is 1. The topological polar surface area (TPSA) is 75.7 Å². The van der Waals surface area contributed by atoms with E-state index in [4.69, 9.17) is 4.74 Å². The van der Waals surface area contributed by atoms with Crippen LogP contribution >= 0.6 is 0 Å². The first-order valence-corrected chi connectivity index (χ1v) is 10.1. The summed E-state index contributed by atoms with van der Waals surface area (Å²) >= 11 is 0. The van der Waals surface area contributed by atoms with Gasteiger partial charge in [-0.1, -0.05) is 6.92 Å². The third-order valence-electron chi connectivity index (χ3n) is 4.11. The van der Waals surface area contributed by atoms with Gasteiger partial charge in [-0.05, 0) is 61.4 Å². The average Bonchev–Trinajstić information content (AvgIpc) is 3.07. The van der Waals surface area contributed by atoms with Gasteiger partial charge in [-0.15, -0.1) is 0 Å². The summed E-state index contributed by atoms with van der Waals surface area (Å²) in [5, 5.41) is 0. The quantitative estimate of drug-likeness (QED) is 0.806. The second-order valence-corrected chi connectivity index (χ2v) is 7.80. The lowest BCUT2D eigenvalue weighted by molar-refractivity contribution is -0.117. The normalized spacial score (nSPS) is 14.5. The molecule has 0 aromatic heterocycles. The summed E-state index contributed by atoms with van der Waals surface area (Å²) in [5.74, 6) is 0.745. The number of anilines is 2. The van der Waals surface area contributed by atoms with E-state index in [1.165, 1.54) is 12.1 Å². The van der Waals surface area contributed by atoms with E-state index in [2.05, 4.69) is 4.72 Å². The van der Waals surface area contributed by atoms with Crippen molar-refractivity contribution in [3.8, 4) is 5.75 Å². The number of hydrogen-bond acceptors (Lipinski definition) is 4. The maximum Gasteiger partial charge on any atom is 0.261 e. The molecule has 1 heterocycles. The number of sulfonamides is 1. The second-order valence-electron chi connectivity index (χ2n) is 6.12. The van der Waals surface area contributed by atoms with Crippen molar-refractivity contribution in [2.24, 2.45) is 0 Å². The number of hydrogen-bond donors (Lipinski definition) is 1. The summed E-state index contributed by atoms with van der Waals surface area (Å²) in [6.45, 7) is 3.31. The minimum atomic E-state index is -3.68. The van der Waals surface area contributed by atoms with E-state index in [-0.39, 0.29) is 10.8 Å². The van der Waals surface area contributed by atoms with Crippen LogP contribution in [0.15, 0.2) is 53.4 Å². The number of nitrogens with one attached hydrogen (secondary N) is 1. The number of carbonyl (C=O) groups is 1. The van der Waals surface area contributed by atoms with Gasteiger partial charge in [0.25, 0.3) is 10.0 Å². The van der Waals surface area contributed by atoms with Crippen LogP contribution in [0.3, 0.4) is 0 Å². The molecule has 138 valence electrons. The van der Waals surface area contributed by atoms with Gasteiger partial charge in [0, 0.05) is 24.3 Å². The van der Waals surface area contributed by atoms with E-state index in [0.29, 0.717) is 31.0 Å². The molecule has 0 atom stereocenters. The molecule has 1 fully saturated rings.